The fraction of sp³-hybridized carbons (Fsp3) is 0.130. The van der Waals surface area contributed by atoms with Crippen LogP contribution in [0.4, 0.5) is 5.69 Å². The number of carbonyl (C=O) groups excluding carboxylic acids is 2. The molecule has 0 N–H and O–H groups in total. The van der Waals surface area contributed by atoms with E-state index in [1.54, 1.807) is 48.7 Å². The molecule has 0 fully saturated rings. The van der Waals surface area contributed by atoms with E-state index in [0.717, 1.165) is 4.90 Å². The van der Waals surface area contributed by atoms with E-state index in [-0.39, 0.29) is 11.3 Å². The van der Waals surface area contributed by atoms with Crippen molar-refractivity contribution in [2.24, 2.45) is 0 Å². The summed E-state index contributed by atoms with van der Waals surface area (Å²) in [5.74, 6) is 1.01. The number of ether oxygens (including phenoxy) is 2. The molecule has 0 saturated carbocycles. The van der Waals surface area contributed by atoms with Gasteiger partial charge in [-0.2, -0.15) is 0 Å². The maximum absolute atomic E-state index is 13.6. The van der Waals surface area contributed by atoms with Crippen LogP contribution in [-0.2, 0) is 15.3 Å². The SMILES string of the molecule is COc1ccccc1C1=C(SCc2ccco2)C(=O)N(c2cc(Cl)ccc2OC)C1=O. The highest BCUT2D eigenvalue weighted by atomic mass is 35.5. The second-order valence-electron chi connectivity index (χ2n) is 6.53. The Balaban J connectivity index is 1.83. The zero-order chi connectivity index (χ0) is 22.0. The molecule has 0 aliphatic carbocycles. The summed E-state index contributed by atoms with van der Waals surface area (Å²) in [4.78, 5) is 28.5. The Morgan fingerprint density at radius 3 is 2.45 bits per heavy atom. The summed E-state index contributed by atoms with van der Waals surface area (Å²) in [6.07, 6.45) is 1.57. The Hall–Kier alpha value is -3.16. The number of anilines is 1. The molecular formula is C23H18ClNO5S. The molecule has 4 rings (SSSR count). The highest BCUT2D eigenvalue weighted by Gasteiger charge is 2.42. The second kappa shape index (κ2) is 8.91. The van der Waals surface area contributed by atoms with Gasteiger partial charge >= 0.3 is 0 Å². The lowest BCUT2D eigenvalue weighted by molar-refractivity contribution is -0.119. The molecule has 31 heavy (non-hydrogen) atoms. The minimum Gasteiger partial charge on any atom is -0.496 e. The zero-order valence-electron chi connectivity index (χ0n) is 16.8. The van der Waals surface area contributed by atoms with Crippen LogP contribution in [0.3, 0.4) is 0 Å². The van der Waals surface area contributed by atoms with Crippen molar-refractivity contribution < 1.29 is 23.5 Å². The fourth-order valence-corrected chi connectivity index (χ4v) is 4.50. The fourth-order valence-electron chi connectivity index (χ4n) is 3.33. The Morgan fingerprint density at radius 1 is 0.968 bits per heavy atom. The number of hydrogen-bond donors (Lipinski definition) is 0. The largest absolute Gasteiger partial charge is 0.496 e. The number of carbonyl (C=O) groups is 2. The second-order valence-corrected chi connectivity index (χ2v) is 7.96. The van der Waals surface area contributed by atoms with Gasteiger partial charge in [0.1, 0.15) is 17.3 Å². The smallest absolute Gasteiger partial charge is 0.272 e. The summed E-state index contributed by atoms with van der Waals surface area (Å²) in [6, 6.07) is 15.5. The summed E-state index contributed by atoms with van der Waals surface area (Å²) in [5, 5.41) is 0.381. The Labute approximate surface area is 188 Å². The van der Waals surface area contributed by atoms with Crippen LogP contribution in [0.1, 0.15) is 11.3 Å². The summed E-state index contributed by atoms with van der Waals surface area (Å²) >= 11 is 7.39. The number of para-hydroxylation sites is 1. The molecule has 6 nitrogen and oxygen atoms in total. The number of thioether (sulfide) groups is 1. The molecule has 0 radical (unpaired) electrons. The third-order valence-corrected chi connectivity index (χ3v) is 6.07. The topological polar surface area (TPSA) is 69.0 Å². The van der Waals surface area contributed by atoms with Gasteiger partial charge in [0.25, 0.3) is 11.8 Å². The summed E-state index contributed by atoms with van der Waals surface area (Å²) < 4.78 is 16.2. The van der Waals surface area contributed by atoms with Gasteiger partial charge in [0, 0.05) is 10.6 Å². The molecular weight excluding hydrogens is 438 g/mol. The van der Waals surface area contributed by atoms with E-state index in [9.17, 15) is 9.59 Å². The lowest BCUT2D eigenvalue weighted by Gasteiger charge is -2.18. The van der Waals surface area contributed by atoms with Crippen molar-refractivity contribution in [2.45, 2.75) is 5.75 Å². The molecule has 0 unspecified atom stereocenters. The number of amides is 2. The maximum Gasteiger partial charge on any atom is 0.272 e. The first-order valence-corrected chi connectivity index (χ1v) is 10.7. The van der Waals surface area contributed by atoms with Crippen molar-refractivity contribution in [1.29, 1.82) is 0 Å². The van der Waals surface area contributed by atoms with E-state index >= 15 is 0 Å². The van der Waals surface area contributed by atoms with Crippen molar-refractivity contribution in [3.8, 4) is 11.5 Å². The van der Waals surface area contributed by atoms with E-state index in [4.69, 9.17) is 25.5 Å². The van der Waals surface area contributed by atoms with Gasteiger partial charge in [0.2, 0.25) is 0 Å². The number of hydrogen-bond acceptors (Lipinski definition) is 6. The molecule has 0 spiro atoms. The quantitative estimate of drug-likeness (QED) is 0.458. The molecule has 3 aromatic rings. The predicted molar refractivity (Wildman–Crippen MR) is 120 cm³/mol. The van der Waals surface area contributed by atoms with Crippen molar-refractivity contribution >= 4 is 46.4 Å². The number of rotatable bonds is 7. The van der Waals surface area contributed by atoms with Gasteiger partial charge in [-0.1, -0.05) is 29.8 Å². The number of imide groups is 1. The first-order valence-electron chi connectivity index (χ1n) is 9.30. The first kappa shape index (κ1) is 21.1. The van der Waals surface area contributed by atoms with E-state index < -0.39 is 11.8 Å². The van der Waals surface area contributed by atoms with E-state index in [1.165, 1.54) is 32.0 Å². The standard InChI is InChI=1S/C23H18ClNO5S/c1-28-18-8-4-3-7-16(18)20-21(31-13-15-6-5-11-30-15)23(27)25(22(20)26)17-12-14(24)9-10-19(17)29-2/h3-12H,13H2,1-2H3. The van der Waals surface area contributed by atoms with Crippen molar-refractivity contribution in [3.63, 3.8) is 0 Å². The molecule has 2 amide bonds. The van der Waals surface area contributed by atoms with E-state index in [0.29, 0.717) is 38.5 Å². The Morgan fingerprint density at radius 2 is 1.74 bits per heavy atom. The van der Waals surface area contributed by atoms with Crippen LogP contribution in [0.5, 0.6) is 11.5 Å². The van der Waals surface area contributed by atoms with Crippen LogP contribution in [0.25, 0.3) is 5.57 Å². The lowest BCUT2D eigenvalue weighted by atomic mass is 10.0. The molecule has 158 valence electrons. The minimum absolute atomic E-state index is 0.265. The molecule has 0 saturated heterocycles. The summed E-state index contributed by atoms with van der Waals surface area (Å²) in [5.41, 5.74) is 1.08. The van der Waals surface area contributed by atoms with Crippen molar-refractivity contribution in [3.05, 3.63) is 82.1 Å². The van der Waals surface area contributed by atoms with Crippen LogP contribution in [0.15, 0.2) is 70.2 Å². The number of methoxy groups -OCH3 is 2. The van der Waals surface area contributed by atoms with Gasteiger partial charge in [0.15, 0.2) is 0 Å². The number of halogens is 1. The number of furan rings is 1. The maximum atomic E-state index is 13.6. The molecule has 1 aliphatic rings. The van der Waals surface area contributed by atoms with Gasteiger partial charge in [-0.25, -0.2) is 4.90 Å². The van der Waals surface area contributed by atoms with Gasteiger partial charge in [-0.15, -0.1) is 11.8 Å². The normalized spacial score (nSPS) is 13.8. The lowest BCUT2D eigenvalue weighted by Crippen LogP contribution is -2.31. The molecule has 0 bridgehead atoms. The first-order chi connectivity index (χ1) is 15.0. The third kappa shape index (κ3) is 3.94. The summed E-state index contributed by atoms with van der Waals surface area (Å²) in [7, 11) is 2.99. The zero-order valence-corrected chi connectivity index (χ0v) is 18.3. The molecule has 2 heterocycles. The van der Waals surface area contributed by atoms with Gasteiger partial charge in [-0.05, 0) is 36.4 Å². The van der Waals surface area contributed by atoms with Crippen LogP contribution in [0, 0.1) is 0 Å². The van der Waals surface area contributed by atoms with Crippen LogP contribution >= 0.6 is 23.4 Å². The molecule has 1 aromatic heterocycles. The average Bonchev–Trinajstić information content (AvgIpc) is 3.38. The molecule has 0 atom stereocenters. The number of benzene rings is 2. The van der Waals surface area contributed by atoms with Gasteiger partial charge in [0.05, 0.1) is 42.4 Å². The Kier molecular flexibility index (Phi) is 6.06. The summed E-state index contributed by atoms with van der Waals surface area (Å²) in [6.45, 7) is 0. The third-order valence-electron chi connectivity index (χ3n) is 4.74. The van der Waals surface area contributed by atoms with E-state index in [2.05, 4.69) is 0 Å². The molecule has 1 aliphatic heterocycles. The van der Waals surface area contributed by atoms with Gasteiger partial charge < -0.3 is 13.9 Å². The van der Waals surface area contributed by atoms with Crippen molar-refractivity contribution in [2.75, 3.05) is 19.1 Å². The minimum atomic E-state index is -0.475. The van der Waals surface area contributed by atoms with Crippen LogP contribution in [-0.4, -0.2) is 26.0 Å². The molecule has 2 aromatic carbocycles. The monoisotopic (exact) mass is 455 g/mol. The van der Waals surface area contributed by atoms with E-state index in [1.807, 2.05) is 6.07 Å². The molecule has 8 heteroatoms. The average molecular weight is 456 g/mol. The highest BCUT2D eigenvalue weighted by molar-refractivity contribution is 8.03. The predicted octanol–water partition coefficient (Wildman–Crippen LogP) is 5.17. The van der Waals surface area contributed by atoms with Gasteiger partial charge in [-0.3, -0.25) is 9.59 Å². The van der Waals surface area contributed by atoms with Crippen LogP contribution < -0.4 is 14.4 Å². The Bertz CT molecular complexity index is 1170. The van der Waals surface area contributed by atoms with Crippen LogP contribution in [0.2, 0.25) is 5.02 Å². The van der Waals surface area contributed by atoms with Crippen molar-refractivity contribution in [1.82, 2.24) is 0 Å². The number of nitrogens with zero attached hydrogens (tertiary/aromatic N) is 1. The highest BCUT2D eigenvalue weighted by Crippen LogP contribution is 2.44.